The number of carbonyl (C=O) groups excluding carboxylic acids is 1. The molecule has 2 N–H and O–H groups in total. The second kappa shape index (κ2) is 6.21. The first-order valence-corrected chi connectivity index (χ1v) is 6.38. The Kier molecular flexibility index (Phi) is 4.37. The summed E-state index contributed by atoms with van der Waals surface area (Å²) in [5.74, 6) is -1.27. The summed E-state index contributed by atoms with van der Waals surface area (Å²) in [6.45, 7) is 3.65. The molecular formula is C15H15FN2O3. The highest BCUT2D eigenvalue weighted by molar-refractivity contribution is 5.91. The van der Waals surface area contributed by atoms with Gasteiger partial charge in [0.1, 0.15) is 5.56 Å². The molecule has 21 heavy (non-hydrogen) atoms. The topological polar surface area (TPSA) is 74.4 Å². The van der Waals surface area contributed by atoms with E-state index in [2.05, 4.69) is 4.98 Å². The maximum absolute atomic E-state index is 13.8. The molecule has 2 rings (SSSR count). The number of anilines is 1. The van der Waals surface area contributed by atoms with Crippen LogP contribution in [-0.4, -0.2) is 17.6 Å². The number of hydrogen-bond acceptors (Lipinski definition) is 5. The van der Waals surface area contributed by atoms with Crippen LogP contribution in [0.4, 0.5) is 10.1 Å². The molecule has 0 saturated heterocycles. The molecule has 0 aliphatic heterocycles. The van der Waals surface area contributed by atoms with Gasteiger partial charge in [-0.05, 0) is 37.6 Å². The number of nitrogen functional groups attached to an aromatic ring is 1. The Morgan fingerprint density at radius 1 is 1.43 bits per heavy atom. The van der Waals surface area contributed by atoms with Crippen LogP contribution in [0.1, 0.15) is 22.8 Å². The fourth-order valence-corrected chi connectivity index (χ4v) is 1.69. The number of benzene rings is 1. The summed E-state index contributed by atoms with van der Waals surface area (Å²) in [6, 6.07) is 5.69. The SMILES string of the molecule is CCOC(=O)c1cccnc1Oc1cc(C)c(N)cc1F. The van der Waals surface area contributed by atoms with Crippen molar-refractivity contribution < 1.29 is 18.7 Å². The molecule has 1 heterocycles. The average Bonchev–Trinajstić information content (AvgIpc) is 2.45. The molecule has 0 amide bonds. The van der Waals surface area contributed by atoms with Crippen LogP contribution >= 0.6 is 0 Å². The van der Waals surface area contributed by atoms with Crippen molar-refractivity contribution >= 4 is 11.7 Å². The molecule has 0 spiro atoms. The maximum Gasteiger partial charge on any atom is 0.343 e. The minimum absolute atomic E-state index is 0.0148. The highest BCUT2D eigenvalue weighted by atomic mass is 19.1. The number of halogens is 1. The number of ether oxygens (including phenoxy) is 2. The molecule has 0 bridgehead atoms. The molecule has 5 nitrogen and oxygen atoms in total. The number of rotatable bonds is 4. The zero-order valence-corrected chi connectivity index (χ0v) is 11.7. The van der Waals surface area contributed by atoms with E-state index in [9.17, 15) is 9.18 Å². The number of nitrogens with two attached hydrogens (primary N) is 1. The number of pyridine rings is 1. The first-order chi connectivity index (χ1) is 10.0. The molecule has 1 aromatic carbocycles. The average molecular weight is 290 g/mol. The van der Waals surface area contributed by atoms with Gasteiger partial charge in [0, 0.05) is 18.0 Å². The number of esters is 1. The molecular weight excluding hydrogens is 275 g/mol. The predicted molar refractivity (Wildman–Crippen MR) is 75.8 cm³/mol. The van der Waals surface area contributed by atoms with Crippen molar-refractivity contribution in [2.24, 2.45) is 0 Å². The Labute approximate surface area is 121 Å². The van der Waals surface area contributed by atoms with Crippen molar-refractivity contribution in [1.29, 1.82) is 0 Å². The van der Waals surface area contributed by atoms with Crippen molar-refractivity contribution in [3.05, 3.63) is 47.4 Å². The van der Waals surface area contributed by atoms with Gasteiger partial charge in [0.25, 0.3) is 0 Å². The van der Waals surface area contributed by atoms with Crippen LogP contribution in [-0.2, 0) is 4.74 Å². The lowest BCUT2D eigenvalue weighted by Crippen LogP contribution is -2.07. The number of hydrogen-bond donors (Lipinski definition) is 1. The van der Waals surface area contributed by atoms with Crippen LogP contribution in [0, 0.1) is 12.7 Å². The van der Waals surface area contributed by atoms with Gasteiger partial charge in [-0.15, -0.1) is 0 Å². The summed E-state index contributed by atoms with van der Waals surface area (Å²) < 4.78 is 24.2. The molecule has 0 unspecified atom stereocenters. The Morgan fingerprint density at radius 3 is 2.90 bits per heavy atom. The third kappa shape index (κ3) is 3.28. The standard InChI is InChI=1S/C15H15FN2O3/c1-3-20-15(19)10-5-4-6-18-14(10)21-13-7-9(2)12(17)8-11(13)16/h4-8H,3,17H2,1-2H3. The van der Waals surface area contributed by atoms with Gasteiger partial charge in [0.15, 0.2) is 11.6 Å². The van der Waals surface area contributed by atoms with E-state index in [0.717, 1.165) is 6.07 Å². The van der Waals surface area contributed by atoms with Crippen LogP contribution in [0.25, 0.3) is 0 Å². The van der Waals surface area contributed by atoms with Gasteiger partial charge in [-0.1, -0.05) is 0 Å². The van der Waals surface area contributed by atoms with Gasteiger partial charge in [0.2, 0.25) is 5.88 Å². The summed E-state index contributed by atoms with van der Waals surface area (Å²) in [7, 11) is 0. The quantitative estimate of drug-likeness (QED) is 0.692. The molecule has 0 saturated carbocycles. The van der Waals surface area contributed by atoms with Crippen LogP contribution < -0.4 is 10.5 Å². The lowest BCUT2D eigenvalue weighted by atomic mass is 10.2. The van der Waals surface area contributed by atoms with Crippen LogP contribution in [0.15, 0.2) is 30.5 Å². The molecule has 0 atom stereocenters. The Balaban J connectivity index is 2.36. The second-order valence-corrected chi connectivity index (χ2v) is 4.32. The van der Waals surface area contributed by atoms with Gasteiger partial charge >= 0.3 is 5.97 Å². The van der Waals surface area contributed by atoms with Crippen LogP contribution in [0.2, 0.25) is 0 Å². The summed E-state index contributed by atoms with van der Waals surface area (Å²) in [6.07, 6.45) is 1.44. The molecule has 2 aromatic rings. The summed E-state index contributed by atoms with van der Waals surface area (Å²) in [5, 5.41) is 0. The van der Waals surface area contributed by atoms with E-state index in [0.29, 0.717) is 11.3 Å². The van der Waals surface area contributed by atoms with E-state index in [1.165, 1.54) is 18.3 Å². The number of nitrogens with zero attached hydrogens (tertiary/aromatic N) is 1. The lowest BCUT2D eigenvalue weighted by Gasteiger charge is -2.11. The highest BCUT2D eigenvalue weighted by Crippen LogP contribution is 2.29. The van der Waals surface area contributed by atoms with Crippen LogP contribution in [0.5, 0.6) is 11.6 Å². The largest absolute Gasteiger partial charge is 0.462 e. The van der Waals surface area contributed by atoms with Gasteiger partial charge in [-0.25, -0.2) is 14.2 Å². The van der Waals surface area contributed by atoms with E-state index in [-0.39, 0.29) is 23.8 Å². The Hall–Kier alpha value is -2.63. The molecule has 0 radical (unpaired) electrons. The third-order valence-corrected chi connectivity index (χ3v) is 2.79. The first-order valence-electron chi connectivity index (χ1n) is 6.38. The minimum atomic E-state index is -0.626. The van der Waals surface area contributed by atoms with Crippen molar-refractivity contribution in [3.8, 4) is 11.6 Å². The zero-order chi connectivity index (χ0) is 15.4. The molecule has 1 aromatic heterocycles. The van der Waals surface area contributed by atoms with Crippen molar-refractivity contribution in [3.63, 3.8) is 0 Å². The number of aromatic nitrogens is 1. The molecule has 0 aliphatic carbocycles. The van der Waals surface area contributed by atoms with E-state index >= 15 is 0 Å². The molecule has 6 heteroatoms. The predicted octanol–water partition coefficient (Wildman–Crippen LogP) is 3.08. The smallest absolute Gasteiger partial charge is 0.343 e. The molecule has 0 aliphatic rings. The second-order valence-electron chi connectivity index (χ2n) is 4.32. The highest BCUT2D eigenvalue weighted by Gasteiger charge is 2.17. The molecule has 0 fully saturated rings. The van der Waals surface area contributed by atoms with Gasteiger partial charge < -0.3 is 15.2 Å². The fraction of sp³-hybridized carbons (Fsp3) is 0.200. The van der Waals surface area contributed by atoms with Crippen molar-refractivity contribution in [2.75, 3.05) is 12.3 Å². The fourth-order valence-electron chi connectivity index (χ4n) is 1.69. The van der Waals surface area contributed by atoms with E-state index in [1.54, 1.807) is 19.9 Å². The van der Waals surface area contributed by atoms with E-state index < -0.39 is 11.8 Å². The van der Waals surface area contributed by atoms with Gasteiger partial charge in [-0.3, -0.25) is 0 Å². The Bertz CT molecular complexity index is 674. The van der Waals surface area contributed by atoms with E-state index in [1.807, 2.05) is 0 Å². The summed E-state index contributed by atoms with van der Waals surface area (Å²) in [5.41, 5.74) is 6.74. The summed E-state index contributed by atoms with van der Waals surface area (Å²) in [4.78, 5) is 15.8. The first kappa shape index (κ1) is 14.8. The normalized spacial score (nSPS) is 10.2. The van der Waals surface area contributed by atoms with Crippen molar-refractivity contribution in [1.82, 2.24) is 4.98 Å². The number of aryl methyl sites for hydroxylation is 1. The number of carbonyl (C=O) groups is 1. The van der Waals surface area contributed by atoms with E-state index in [4.69, 9.17) is 15.2 Å². The monoisotopic (exact) mass is 290 g/mol. The zero-order valence-electron chi connectivity index (χ0n) is 11.7. The van der Waals surface area contributed by atoms with Gasteiger partial charge in [-0.2, -0.15) is 0 Å². The van der Waals surface area contributed by atoms with Crippen LogP contribution in [0.3, 0.4) is 0 Å². The third-order valence-electron chi connectivity index (χ3n) is 2.79. The maximum atomic E-state index is 13.8. The summed E-state index contributed by atoms with van der Waals surface area (Å²) >= 11 is 0. The lowest BCUT2D eigenvalue weighted by molar-refractivity contribution is 0.0522. The molecule has 110 valence electrons. The van der Waals surface area contributed by atoms with Gasteiger partial charge in [0.05, 0.1) is 6.61 Å². The Morgan fingerprint density at radius 2 is 2.19 bits per heavy atom. The van der Waals surface area contributed by atoms with Crippen molar-refractivity contribution in [2.45, 2.75) is 13.8 Å². The minimum Gasteiger partial charge on any atom is -0.462 e.